The van der Waals surface area contributed by atoms with Crippen molar-refractivity contribution in [2.75, 3.05) is 6.61 Å². The molecule has 0 saturated heterocycles. The van der Waals surface area contributed by atoms with Gasteiger partial charge in [0, 0.05) is 11.4 Å². The predicted octanol–water partition coefficient (Wildman–Crippen LogP) is 4.96. The molecule has 0 unspecified atom stereocenters. The van der Waals surface area contributed by atoms with Crippen molar-refractivity contribution in [3.8, 4) is 23.0 Å². The second-order valence-corrected chi connectivity index (χ2v) is 6.49. The van der Waals surface area contributed by atoms with Crippen LogP contribution in [0.3, 0.4) is 0 Å². The first-order chi connectivity index (χ1) is 13.5. The number of hydrogen-bond acceptors (Lipinski definition) is 3. The Kier molecular flexibility index (Phi) is 5.90. The largest absolute Gasteiger partial charge is 0.466 e. The average molecular weight is 376 g/mol. The molecule has 1 aromatic heterocycles. The lowest BCUT2D eigenvalue weighted by molar-refractivity contribution is -0.143. The second-order valence-electron chi connectivity index (χ2n) is 6.49. The summed E-state index contributed by atoms with van der Waals surface area (Å²) in [5.74, 6) is -0.835. The van der Waals surface area contributed by atoms with E-state index in [0.29, 0.717) is 18.7 Å². The van der Waals surface area contributed by atoms with Crippen molar-refractivity contribution in [2.24, 2.45) is 0 Å². The number of carbonyl (C=O) groups excluding carboxylic acids is 1. The molecule has 142 valence electrons. The van der Waals surface area contributed by atoms with Crippen LogP contribution in [0.1, 0.15) is 30.2 Å². The van der Waals surface area contributed by atoms with Crippen molar-refractivity contribution in [2.45, 2.75) is 26.7 Å². The molecule has 0 saturated carbocycles. The van der Waals surface area contributed by atoms with Gasteiger partial charge >= 0.3 is 5.97 Å². The van der Waals surface area contributed by atoms with Gasteiger partial charge in [-0.25, -0.2) is 4.39 Å². The third kappa shape index (κ3) is 4.12. The molecule has 0 fully saturated rings. The fourth-order valence-corrected chi connectivity index (χ4v) is 3.13. The maximum Gasteiger partial charge on any atom is 0.306 e. The van der Waals surface area contributed by atoms with E-state index in [1.165, 1.54) is 12.1 Å². The van der Waals surface area contributed by atoms with Crippen LogP contribution in [0.4, 0.5) is 4.39 Å². The van der Waals surface area contributed by atoms with Gasteiger partial charge in [0.15, 0.2) is 0 Å². The van der Waals surface area contributed by atoms with Gasteiger partial charge < -0.3 is 9.30 Å². The summed E-state index contributed by atoms with van der Waals surface area (Å²) in [5, 5.41) is 9.00. The van der Waals surface area contributed by atoms with Crippen LogP contribution < -0.4 is 0 Å². The SMILES string of the molecule is CCOC(=O)CCc1ccc(-c2ccc(C)cc2)n1-c1ccc(C#N)c(F)c1. The molecule has 0 atom stereocenters. The van der Waals surface area contributed by atoms with E-state index in [1.807, 2.05) is 54.0 Å². The Bertz CT molecular complexity index is 1030. The fraction of sp³-hybridized carbons (Fsp3) is 0.217. The summed E-state index contributed by atoms with van der Waals surface area (Å²) in [6, 6.07) is 18.3. The van der Waals surface area contributed by atoms with Crippen molar-refractivity contribution in [1.29, 1.82) is 5.26 Å². The Balaban J connectivity index is 2.06. The number of nitriles is 1. The third-order valence-electron chi connectivity index (χ3n) is 4.53. The molecule has 3 aromatic rings. The summed E-state index contributed by atoms with van der Waals surface area (Å²) in [6.45, 7) is 4.13. The fourth-order valence-electron chi connectivity index (χ4n) is 3.13. The third-order valence-corrected chi connectivity index (χ3v) is 4.53. The zero-order valence-corrected chi connectivity index (χ0v) is 15.9. The van der Waals surface area contributed by atoms with Crippen molar-refractivity contribution in [1.82, 2.24) is 4.57 Å². The molecular formula is C23H21FN2O2. The van der Waals surface area contributed by atoms with Crippen LogP contribution in [-0.4, -0.2) is 17.1 Å². The highest BCUT2D eigenvalue weighted by atomic mass is 19.1. The molecular weight excluding hydrogens is 355 g/mol. The zero-order chi connectivity index (χ0) is 20.1. The van der Waals surface area contributed by atoms with Crippen LogP contribution in [0.15, 0.2) is 54.6 Å². The number of rotatable bonds is 6. The predicted molar refractivity (Wildman–Crippen MR) is 106 cm³/mol. The van der Waals surface area contributed by atoms with Crippen LogP contribution in [-0.2, 0) is 16.0 Å². The van der Waals surface area contributed by atoms with Gasteiger partial charge in [0.25, 0.3) is 0 Å². The summed E-state index contributed by atoms with van der Waals surface area (Å²) in [7, 11) is 0. The van der Waals surface area contributed by atoms with Crippen LogP contribution in [0.5, 0.6) is 0 Å². The van der Waals surface area contributed by atoms with Crippen molar-refractivity contribution >= 4 is 5.97 Å². The number of nitrogens with zero attached hydrogens (tertiary/aromatic N) is 2. The molecule has 0 spiro atoms. The van der Waals surface area contributed by atoms with Crippen molar-refractivity contribution < 1.29 is 13.9 Å². The molecule has 0 aliphatic heterocycles. The van der Waals surface area contributed by atoms with Crippen molar-refractivity contribution in [3.63, 3.8) is 0 Å². The molecule has 0 radical (unpaired) electrons. The summed E-state index contributed by atoms with van der Waals surface area (Å²) in [6.07, 6.45) is 0.705. The summed E-state index contributed by atoms with van der Waals surface area (Å²) >= 11 is 0. The summed E-state index contributed by atoms with van der Waals surface area (Å²) < 4.78 is 21.2. The molecule has 1 heterocycles. The monoisotopic (exact) mass is 376 g/mol. The standard InChI is InChI=1S/C23H21FN2O2/c1-3-28-23(27)13-11-19-10-12-22(17-6-4-16(2)5-7-17)26(19)20-9-8-18(15-25)21(24)14-20/h4-10,12,14H,3,11,13H2,1-2H3. The van der Waals surface area contributed by atoms with Crippen molar-refractivity contribution in [3.05, 3.63) is 77.2 Å². The molecule has 2 aromatic carbocycles. The quantitative estimate of drug-likeness (QED) is 0.572. The Hall–Kier alpha value is -3.39. The van der Waals surface area contributed by atoms with E-state index in [4.69, 9.17) is 10.00 Å². The minimum atomic E-state index is -0.570. The Morgan fingerprint density at radius 2 is 1.89 bits per heavy atom. The number of hydrogen-bond donors (Lipinski definition) is 0. The van der Waals surface area contributed by atoms with Crippen LogP contribution in [0, 0.1) is 24.1 Å². The van der Waals surface area contributed by atoms with E-state index < -0.39 is 5.82 Å². The Morgan fingerprint density at radius 1 is 1.14 bits per heavy atom. The highest BCUT2D eigenvalue weighted by Gasteiger charge is 2.15. The number of carbonyl (C=O) groups is 1. The summed E-state index contributed by atoms with van der Waals surface area (Å²) in [4.78, 5) is 11.8. The first-order valence-electron chi connectivity index (χ1n) is 9.16. The van der Waals surface area contributed by atoms with Gasteiger partial charge in [-0.2, -0.15) is 5.26 Å². The molecule has 0 aliphatic carbocycles. The molecule has 5 heteroatoms. The van der Waals surface area contributed by atoms with Gasteiger partial charge in [0.1, 0.15) is 11.9 Å². The first kappa shape index (κ1) is 19.4. The normalized spacial score (nSPS) is 10.5. The van der Waals surface area contributed by atoms with Gasteiger partial charge in [-0.1, -0.05) is 29.8 Å². The maximum absolute atomic E-state index is 14.3. The molecule has 0 amide bonds. The van der Waals surface area contributed by atoms with E-state index >= 15 is 0 Å². The minimum absolute atomic E-state index is 0.000801. The zero-order valence-electron chi connectivity index (χ0n) is 15.9. The summed E-state index contributed by atoms with van der Waals surface area (Å²) in [5.41, 5.74) is 4.50. The Labute approximate surface area is 163 Å². The molecule has 0 aliphatic rings. The highest BCUT2D eigenvalue weighted by Crippen LogP contribution is 2.28. The lowest BCUT2D eigenvalue weighted by Crippen LogP contribution is -2.08. The van der Waals surface area contributed by atoms with Gasteiger partial charge in [0.2, 0.25) is 0 Å². The van der Waals surface area contributed by atoms with Gasteiger partial charge in [-0.3, -0.25) is 4.79 Å². The lowest BCUT2D eigenvalue weighted by atomic mass is 10.1. The van der Waals surface area contributed by atoms with Gasteiger partial charge in [-0.05, 0) is 56.2 Å². The van der Waals surface area contributed by atoms with Gasteiger partial charge in [0.05, 0.1) is 24.3 Å². The molecule has 4 nitrogen and oxygen atoms in total. The average Bonchev–Trinajstić information content (AvgIpc) is 3.11. The van der Waals surface area contributed by atoms with Gasteiger partial charge in [-0.15, -0.1) is 0 Å². The Morgan fingerprint density at radius 3 is 2.54 bits per heavy atom. The maximum atomic E-state index is 14.3. The molecule has 3 rings (SSSR count). The smallest absolute Gasteiger partial charge is 0.306 e. The topological polar surface area (TPSA) is 55.0 Å². The second kappa shape index (κ2) is 8.53. The molecule has 0 N–H and O–H groups in total. The number of aryl methyl sites for hydroxylation is 2. The molecule has 28 heavy (non-hydrogen) atoms. The van der Waals surface area contributed by atoms with E-state index in [9.17, 15) is 9.18 Å². The van der Waals surface area contributed by atoms with E-state index in [-0.39, 0.29) is 18.0 Å². The lowest BCUT2D eigenvalue weighted by Gasteiger charge is -2.15. The number of benzene rings is 2. The number of aromatic nitrogens is 1. The van der Waals surface area contributed by atoms with Crippen LogP contribution in [0.25, 0.3) is 16.9 Å². The number of esters is 1. The first-order valence-corrected chi connectivity index (χ1v) is 9.16. The minimum Gasteiger partial charge on any atom is -0.466 e. The molecule has 0 bridgehead atoms. The van der Waals surface area contributed by atoms with E-state index in [2.05, 4.69) is 0 Å². The van der Waals surface area contributed by atoms with Crippen LogP contribution in [0.2, 0.25) is 0 Å². The number of halogens is 1. The highest BCUT2D eigenvalue weighted by molar-refractivity contribution is 5.70. The van der Waals surface area contributed by atoms with Crippen LogP contribution >= 0.6 is 0 Å². The van der Waals surface area contributed by atoms with E-state index in [1.54, 1.807) is 13.0 Å². The number of ether oxygens (including phenoxy) is 1. The van der Waals surface area contributed by atoms with E-state index in [0.717, 1.165) is 22.5 Å².